The summed E-state index contributed by atoms with van der Waals surface area (Å²) in [6.45, 7) is 1.97. The van der Waals surface area contributed by atoms with Crippen LogP contribution in [0.2, 0.25) is 0 Å². The first-order chi connectivity index (χ1) is 13.2. The second-order valence-corrected chi connectivity index (χ2v) is 6.82. The van der Waals surface area contributed by atoms with Crippen LogP contribution in [0.5, 0.6) is 0 Å². The summed E-state index contributed by atoms with van der Waals surface area (Å²) in [6.07, 6.45) is 5.78. The van der Waals surface area contributed by atoms with E-state index in [1.54, 1.807) is 29.0 Å². The summed E-state index contributed by atoms with van der Waals surface area (Å²) in [5.74, 6) is 0.672. The monoisotopic (exact) mass is 367 g/mol. The summed E-state index contributed by atoms with van der Waals surface area (Å²) in [4.78, 5) is 19.1. The minimum Gasteiger partial charge on any atom is -0.356 e. The molecule has 1 aromatic carbocycles. The fourth-order valence-electron chi connectivity index (χ4n) is 3.63. The van der Waals surface area contributed by atoms with E-state index in [4.69, 9.17) is 0 Å². The van der Waals surface area contributed by atoms with E-state index in [9.17, 15) is 9.18 Å². The first-order valence-electron chi connectivity index (χ1n) is 9.27. The van der Waals surface area contributed by atoms with E-state index in [2.05, 4.69) is 20.3 Å². The number of nitrogens with one attached hydrogen (secondary N) is 1. The molecule has 1 aliphatic heterocycles. The molecule has 0 saturated carbocycles. The zero-order chi connectivity index (χ0) is 18.6. The van der Waals surface area contributed by atoms with E-state index in [1.165, 1.54) is 6.07 Å². The first kappa shape index (κ1) is 17.5. The molecular formula is C20H22FN5O. The SMILES string of the molecule is O=C(NCCc1ccccc1F)C1CCCN(c2ccnc3ccnn23)C1. The zero-order valence-electron chi connectivity index (χ0n) is 15.0. The predicted molar refractivity (Wildman–Crippen MR) is 101 cm³/mol. The maximum atomic E-state index is 13.7. The van der Waals surface area contributed by atoms with Crippen molar-refractivity contribution in [1.29, 1.82) is 0 Å². The molecule has 0 aliphatic carbocycles. The lowest BCUT2D eigenvalue weighted by Gasteiger charge is -2.33. The molecule has 27 heavy (non-hydrogen) atoms. The van der Waals surface area contributed by atoms with E-state index in [1.807, 2.05) is 18.2 Å². The highest BCUT2D eigenvalue weighted by molar-refractivity contribution is 5.79. The van der Waals surface area contributed by atoms with Crippen LogP contribution >= 0.6 is 0 Å². The maximum absolute atomic E-state index is 13.7. The van der Waals surface area contributed by atoms with Crippen molar-refractivity contribution in [1.82, 2.24) is 19.9 Å². The molecule has 0 radical (unpaired) electrons. The van der Waals surface area contributed by atoms with Crippen LogP contribution in [0.15, 0.2) is 48.8 Å². The van der Waals surface area contributed by atoms with Crippen molar-refractivity contribution in [3.8, 4) is 0 Å². The lowest BCUT2D eigenvalue weighted by atomic mass is 9.97. The number of carbonyl (C=O) groups excluding carboxylic acids is 1. The van der Waals surface area contributed by atoms with Crippen LogP contribution in [0.25, 0.3) is 5.65 Å². The van der Waals surface area contributed by atoms with Crippen molar-refractivity contribution in [2.24, 2.45) is 5.92 Å². The molecule has 2 aromatic heterocycles. The Bertz CT molecular complexity index is 941. The first-order valence-corrected chi connectivity index (χ1v) is 9.27. The van der Waals surface area contributed by atoms with Gasteiger partial charge in [-0.2, -0.15) is 9.61 Å². The van der Waals surface area contributed by atoms with Gasteiger partial charge in [-0.25, -0.2) is 9.37 Å². The Morgan fingerprint density at radius 3 is 3.00 bits per heavy atom. The third-order valence-corrected chi connectivity index (χ3v) is 5.04. The molecule has 1 atom stereocenters. The highest BCUT2D eigenvalue weighted by Gasteiger charge is 2.27. The second-order valence-electron chi connectivity index (χ2n) is 6.82. The van der Waals surface area contributed by atoms with Crippen LogP contribution in [0, 0.1) is 11.7 Å². The van der Waals surface area contributed by atoms with Crippen molar-refractivity contribution in [3.63, 3.8) is 0 Å². The summed E-state index contributed by atoms with van der Waals surface area (Å²) in [6, 6.07) is 10.5. The minimum atomic E-state index is -0.225. The molecule has 1 unspecified atom stereocenters. The molecule has 4 rings (SSSR count). The standard InChI is InChI=1S/C20H22FN5O/c21-17-6-2-1-4-15(17)7-10-23-20(27)16-5-3-13-25(14-16)19-9-11-22-18-8-12-24-26(18)19/h1-2,4,6,8-9,11-12,16H,3,5,7,10,13-14H2,(H,23,27). The van der Waals surface area contributed by atoms with Gasteiger partial charge in [0.2, 0.25) is 5.91 Å². The van der Waals surface area contributed by atoms with Crippen LogP contribution in [-0.2, 0) is 11.2 Å². The molecule has 0 bridgehead atoms. The highest BCUT2D eigenvalue weighted by atomic mass is 19.1. The number of halogens is 1. The Kier molecular flexibility index (Phi) is 5.00. The number of hydrogen-bond acceptors (Lipinski definition) is 4. The van der Waals surface area contributed by atoms with Crippen molar-refractivity contribution < 1.29 is 9.18 Å². The zero-order valence-corrected chi connectivity index (χ0v) is 15.0. The number of fused-ring (bicyclic) bond motifs is 1. The van der Waals surface area contributed by atoms with E-state index < -0.39 is 0 Å². The summed E-state index contributed by atoms with van der Waals surface area (Å²) in [5, 5.41) is 7.30. The molecule has 1 saturated heterocycles. The molecular weight excluding hydrogens is 345 g/mol. The number of hydrogen-bond donors (Lipinski definition) is 1. The molecule has 6 nitrogen and oxygen atoms in total. The number of amides is 1. The van der Waals surface area contributed by atoms with E-state index >= 15 is 0 Å². The van der Waals surface area contributed by atoms with Crippen LogP contribution in [0.1, 0.15) is 18.4 Å². The summed E-state index contributed by atoms with van der Waals surface area (Å²) in [5.41, 5.74) is 1.42. The number of nitrogens with zero attached hydrogens (tertiary/aromatic N) is 4. The fourth-order valence-corrected chi connectivity index (χ4v) is 3.63. The largest absolute Gasteiger partial charge is 0.356 e. The van der Waals surface area contributed by atoms with E-state index in [0.29, 0.717) is 25.1 Å². The van der Waals surface area contributed by atoms with Gasteiger partial charge in [0.15, 0.2) is 5.65 Å². The van der Waals surface area contributed by atoms with Crippen molar-refractivity contribution in [2.75, 3.05) is 24.5 Å². The Labute approximate surface area is 157 Å². The smallest absolute Gasteiger partial charge is 0.224 e. The van der Waals surface area contributed by atoms with Gasteiger partial charge in [-0.3, -0.25) is 4.79 Å². The van der Waals surface area contributed by atoms with Gasteiger partial charge in [0, 0.05) is 31.9 Å². The Balaban J connectivity index is 1.37. The molecule has 7 heteroatoms. The van der Waals surface area contributed by atoms with Crippen molar-refractivity contribution in [3.05, 3.63) is 60.2 Å². The number of rotatable bonds is 5. The third-order valence-electron chi connectivity index (χ3n) is 5.04. The molecule has 1 fully saturated rings. The molecule has 1 amide bonds. The van der Waals surface area contributed by atoms with Gasteiger partial charge in [0.1, 0.15) is 11.6 Å². The average molecular weight is 367 g/mol. The summed E-state index contributed by atoms with van der Waals surface area (Å²) < 4.78 is 15.5. The lowest BCUT2D eigenvalue weighted by Crippen LogP contribution is -2.44. The van der Waals surface area contributed by atoms with Crippen LogP contribution in [0.3, 0.4) is 0 Å². The maximum Gasteiger partial charge on any atom is 0.224 e. The second kappa shape index (κ2) is 7.73. The normalized spacial score (nSPS) is 17.2. The average Bonchev–Trinajstić information content (AvgIpc) is 3.18. The summed E-state index contributed by atoms with van der Waals surface area (Å²) >= 11 is 0. The van der Waals surface area contributed by atoms with Gasteiger partial charge in [-0.1, -0.05) is 18.2 Å². The molecule has 0 spiro atoms. The highest BCUT2D eigenvalue weighted by Crippen LogP contribution is 2.23. The van der Waals surface area contributed by atoms with Gasteiger partial charge in [0.25, 0.3) is 0 Å². The Morgan fingerprint density at radius 1 is 1.22 bits per heavy atom. The fraction of sp³-hybridized carbons (Fsp3) is 0.350. The van der Waals surface area contributed by atoms with Gasteiger partial charge in [-0.05, 0) is 37.0 Å². The van der Waals surface area contributed by atoms with Crippen LogP contribution < -0.4 is 10.2 Å². The van der Waals surface area contributed by atoms with Gasteiger partial charge < -0.3 is 10.2 Å². The van der Waals surface area contributed by atoms with Gasteiger partial charge in [-0.15, -0.1) is 0 Å². The summed E-state index contributed by atoms with van der Waals surface area (Å²) in [7, 11) is 0. The molecule has 3 heterocycles. The lowest BCUT2D eigenvalue weighted by molar-refractivity contribution is -0.125. The van der Waals surface area contributed by atoms with Crippen LogP contribution in [0.4, 0.5) is 10.2 Å². The molecule has 140 valence electrons. The predicted octanol–water partition coefficient (Wildman–Crippen LogP) is 2.44. The quantitative estimate of drug-likeness (QED) is 0.752. The molecule has 1 aliphatic rings. The van der Waals surface area contributed by atoms with Gasteiger partial charge >= 0.3 is 0 Å². The third kappa shape index (κ3) is 3.77. The number of carbonyl (C=O) groups is 1. The topological polar surface area (TPSA) is 62.5 Å². The number of aromatic nitrogens is 3. The number of benzene rings is 1. The Hall–Kier alpha value is -2.96. The minimum absolute atomic E-state index is 0.0294. The van der Waals surface area contributed by atoms with E-state index in [0.717, 1.165) is 30.9 Å². The van der Waals surface area contributed by atoms with E-state index in [-0.39, 0.29) is 17.6 Å². The number of piperidine rings is 1. The van der Waals surface area contributed by atoms with Crippen molar-refractivity contribution >= 4 is 17.4 Å². The van der Waals surface area contributed by atoms with Gasteiger partial charge in [0.05, 0.1) is 12.1 Å². The van der Waals surface area contributed by atoms with Crippen molar-refractivity contribution in [2.45, 2.75) is 19.3 Å². The Morgan fingerprint density at radius 2 is 2.11 bits per heavy atom. The molecule has 1 N–H and O–H groups in total. The number of anilines is 1. The van der Waals surface area contributed by atoms with Crippen LogP contribution in [-0.4, -0.2) is 40.1 Å². The molecule has 3 aromatic rings.